The molecule has 0 amide bonds. The Bertz CT molecular complexity index is 1080. The molecule has 1 aliphatic rings. The largest absolute Gasteiger partial charge is 0.495 e. The molecule has 6 nitrogen and oxygen atoms in total. The van der Waals surface area contributed by atoms with Crippen molar-refractivity contribution < 1.29 is 22.3 Å². The molecule has 0 saturated carbocycles. The number of halogens is 2. The van der Waals surface area contributed by atoms with Crippen molar-refractivity contribution in [1.82, 2.24) is 0 Å². The first-order valence-corrected chi connectivity index (χ1v) is 9.07. The summed E-state index contributed by atoms with van der Waals surface area (Å²) >= 11 is 6.10. The zero-order chi connectivity index (χ0) is 19.1. The number of sulfone groups is 1. The molecular weight excluding hydrogens is 383 g/mol. The molecule has 26 heavy (non-hydrogen) atoms. The second-order valence-electron chi connectivity index (χ2n) is 5.25. The number of hydrogen-bond acceptors (Lipinski definition) is 6. The fourth-order valence-electron chi connectivity index (χ4n) is 2.60. The highest BCUT2D eigenvalue weighted by Gasteiger charge is 2.33. The van der Waals surface area contributed by atoms with Crippen molar-refractivity contribution >= 4 is 32.8 Å². The van der Waals surface area contributed by atoms with Crippen molar-refractivity contribution in [2.24, 2.45) is 0 Å². The van der Waals surface area contributed by atoms with E-state index in [1.54, 1.807) is 6.07 Å². The smallest absolute Gasteiger partial charge is 0.220 e. The van der Waals surface area contributed by atoms with Crippen LogP contribution in [-0.4, -0.2) is 22.6 Å². The Balaban J connectivity index is 2.36. The zero-order valence-corrected chi connectivity index (χ0v) is 15.2. The van der Waals surface area contributed by atoms with Crippen molar-refractivity contribution in [3.63, 3.8) is 0 Å². The molecule has 0 aliphatic carbocycles. The fourth-order valence-corrected chi connectivity index (χ4v) is 4.11. The number of ether oxygens (including phenoxy) is 2. The summed E-state index contributed by atoms with van der Waals surface area (Å²) in [5.41, 5.74) is 0.384. The maximum absolute atomic E-state index is 13.8. The van der Waals surface area contributed by atoms with E-state index in [4.69, 9.17) is 21.1 Å². The predicted octanol–water partition coefficient (Wildman–Crippen LogP) is 3.79. The molecule has 9 heteroatoms. The van der Waals surface area contributed by atoms with Crippen LogP contribution in [0.4, 0.5) is 15.8 Å². The van der Waals surface area contributed by atoms with Crippen LogP contribution in [0.1, 0.15) is 0 Å². The Labute approximate surface area is 154 Å². The minimum atomic E-state index is -4.04. The first kappa shape index (κ1) is 18.0. The van der Waals surface area contributed by atoms with Crippen LogP contribution < -0.4 is 14.4 Å². The molecule has 0 unspecified atom stereocenters. The van der Waals surface area contributed by atoms with Gasteiger partial charge < -0.3 is 14.4 Å². The van der Waals surface area contributed by atoms with Gasteiger partial charge in [0.15, 0.2) is 4.91 Å². The van der Waals surface area contributed by atoms with Crippen LogP contribution in [0.5, 0.6) is 11.5 Å². The molecule has 0 N–H and O–H groups in total. The van der Waals surface area contributed by atoms with Crippen molar-refractivity contribution in [3.8, 4) is 17.6 Å². The lowest BCUT2D eigenvalue weighted by atomic mass is 10.2. The van der Waals surface area contributed by atoms with E-state index in [2.05, 4.69) is 0 Å². The summed E-state index contributed by atoms with van der Waals surface area (Å²) in [4.78, 5) is 0.692. The minimum Gasteiger partial charge on any atom is -0.495 e. The monoisotopic (exact) mass is 394 g/mol. The molecule has 3 rings (SSSR count). The lowest BCUT2D eigenvalue weighted by molar-refractivity contribution is 0.404. The maximum atomic E-state index is 13.8. The van der Waals surface area contributed by atoms with Gasteiger partial charge in [-0.05, 0) is 18.2 Å². The average molecular weight is 395 g/mol. The molecule has 1 aliphatic heterocycles. The second kappa shape index (κ2) is 6.52. The third kappa shape index (κ3) is 2.75. The summed E-state index contributed by atoms with van der Waals surface area (Å²) in [6, 6.07) is 7.88. The summed E-state index contributed by atoms with van der Waals surface area (Å²) in [5, 5.41) is 9.55. The van der Waals surface area contributed by atoms with E-state index < -0.39 is 20.6 Å². The van der Waals surface area contributed by atoms with Crippen LogP contribution in [0.3, 0.4) is 0 Å². The van der Waals surface area contributed by atoms with Crippen molar-refractivity contribution in [3.05, 3.63) is 52.3 Å². The molecule has 0 saturated heterocycles. The highest BCUT2D eigenvalue weighted by Crippen LogP contribution is 2.45. The van der Waals surface area contributed by atoms with Gasteiger partial charge in [-0.1, -0.05) is 11.6 Å². The van der Waals surface area contributed by atoms with Gasteiger partial charge in [-0.3, -0.25) is 0 Å². The van der Waals surface area contributed by atoms with E-state index in [9.17, 15) is 18.1 Å². The third-order valence-electron chi connectivity index (χ3n) is 3.83. The van der Waals surface area contributed by atoms with Gasteiger partial charge in [-0.2, -0.15) is 5.26 Å². The fraction of sp³-hybridized carbons (Fsp3) is 0.118. The standard InChI is InChI=1S/C17H12ClFN2O4S/c1-24-15-7-13(16(25-2)6-12(15)18)21-9-11(8-20)26(22,23)17-4-3-10(19)5-14(17)21/h3-7,9H,1-2H3. The van der Waals surface area contributed by atoms with Crippen LogP contribution in [0.25, 0.3) is 0 Å². The molecular formula is C17H12ClFN2O4S. The lowest BCUT2D eigenvalue weighted by Crippen LogP contribution is -2.22. The van der Waals surface area contributed by atoms with E-state index in [0.717, 1.165) is 24.4 Å². The Morgan fingerprint density at radius 2 is 1.81 bits per heavy atom. The Kier molecular flexibility index (Phi) is 4.52. The number of allylic oxidation sites excluding steroid dienone is 1. The van der Waals surface area contributed by atoms with Crippen LogP contribution >= 0.6 is 11.6 Å². The van der Waals surface area contributed by atoms with Gasteiger partial charge >= 0.3 is 0 Å². The summed E-state index contributed by atoms with van der Waals surface area (Å²) in [6.45, 7) is 0. The molecule has 134 valence electrons. The van der Waals surface area contributed by atoms with E-state index in [0.29, 0.717) is 17.2 Å². The van der Waals surface area contributed by atoms with E-state index in [-0.39, 0.29) is 15.6 Å². The maximum Gasteiger partial charge on any atom is 0.220 e. The topological polar surface area (TPSA) is 79.6 Å². The van der Waals surface area contributed by atoms with Gasteiger partial charge in [0.25, 0.3) is 0 Å². The summed E-state index contributed by atoms with van der Waals surface area (Å²) in [5.74, 6) is -0.0303. The van der Waals surface area contributed by atoms with Crippen molar-refractivity contribution in [1.29, 1.82) is 5.26 Å². The Hall–Kier alpha value is -2.76. The molecule has 0 aromatic heterocycles. The van der Waals surface area contributed by atoms with Crippen LogP contribution in [0, 0.1) is 17.1 Å². The van der Waals surface area contributed by atoms with Crippen LogP contribution in [-0.2, 0) is 9.84 Å². The third-order valence-corrected chi connectivity index (χ3v) is 5.82. The quantitative estimate of drug-likeness (QED) is 0.737. The number of fused-ring (bicyclic) bond motifs is 1. The predicted molar refractivity (Wildman–Crippen MR) is 94.0 cm³/mol. The average Bonchev–Trinajstić information content (AvgIpc) is 2.61. The number of nitrogens with zero attached hydrogens (tertiary/aromatic N) is 2. The van der Waals surface area contributed by atoms with Crippen LogP contribution in [0.2, 0.25) is 5.02 Å². The number of benzene rings is 2. The summed E-state index contributed by atoms with van der Waals surface area (Å²) < 4.78 is 49.4. The molecule has 0 radical (unpaired) electrons. The SMILES string of the molecule is COc1cc(N2C=C(C#N)S(=O)(=O)c3ccc(F)cc32)c(OC)cc1Cl. The summed E-state index contributed by atoms with van der Waals surface area (Å²) in [7, 11) is -1.22. The molecule has 0 fully saturated rings. The van der Waals surface area contributed by atoms with Gasteiger partial charge in [0, 0.05) is 18.3 Å². The first-order valence-electron chi connectivity index (χ1n) is 7.20. The van der Waals surface area contributed by atoms with Crippen LogP contribution in [0.15, 0.2) is 46.3 Å². The highest BCUT2D eigenvalue weighted by atomic mass is 35.5. The van der Waals surface area contributed by atoms with Gasteiger partial charge in [0.05, 0.1) is 35.5 Å². The number of nitriles is 1. The first-order chi connectivity index (χ1) is 12.3. The molecule has 0 bridgehead atoms. The van der Waals surface area contributed by atoms with Crippen molar-refractivity contribution in [2.45, 2.75) is 4.90 Å². The number of anilines is 2. The van der Waals surface area contributed by atoms with Crippen molar-refractivity contribution in [2.75, 3.05) is 19.1 Å². The van der Waals surface area contributed by atoms with Gasteiger partial charge in [0.1, 0.15) is 23.4 Å². The Morgan fingerprint density at radius 1 is 1.12 bits per heavy atom. The summed E-state index contributed by atoms with van der Waals surface area (Å²) in [6.07, 6.45) is 1.11. The number of hydrogen-bond donors (Lipinski definition) is 0. The van der Waals surface area contributed by atoms with Gasteiger partial charge in [0.2, 0.25) is 9.84 Å². The zero-order valence-electron chi connectivity index (χ0n) is 13.7. The minimum absolute atomic E-state index is 0.0478. The van der Waals surface area contributed by atoms with E-state index >= 15 is 0 Å². The highest BCUT2D eigenvalue weighted by molar-refractivity contribution is 7.95. The number of methoxy groups -OCH3 is 2. The van der Waals surface area contributed by atoms with E-state index in [1.807, 2.05) is 0 Å². The molecule has 2 aromatic carbocycles. The van der Waals surface area contributed by atoms with Gasteiger partial charge in [-0.25, -0.2) is 12.8 Å². The van der Waals surface area contributed by atoms with Gasteiger partial charge in [-0.15, -0.1) is 0 Å². The van der Waals surface area contributed by atoms with E-state index in [1.165, 1.54) is 31.3 Å². The molecule has 1 heterocycles. The lowest BCUT2D eigenvalue weighted by Gasteiger charge is -2.29. The number of rotatable bonds is 3. The second-order valence-corrected chi connectivity index (χ2v) is 7.54. The molecule has 2 aromatic rings. The molecule has 0 atom stereocenters. The Morgan fingerprint density at radius 3 is 2.42 bits per heavy atom. The normalized spacial score (nSPS) is 14.9. The molecule has 0 spiro atoms.